The molecule has 0 unspecified atom stereocenters. The van der Waals surface area contributed by atoms with Gasteiger partial charge >= 0.3 is 0 Å². The molecule has 0 spiro atoms. The Hall–Kier alpha value is -1.35. The summed E-state index contributed by atoms with van der Waals surface area (Å²) < 4.78 is 20.6. The van der Waals surface area contributed by atoms with Gasteiger partial charge in [-0.3, -0.25) is 0 Å². The van der Waals surface area contributed by atoms with Gasteiger partial charge in [0, 0.05) is 22.4 Å². The van der Waals surface area contributed by atoms with Gasteiger partial charge in [-0.2, -0.15) is 0 Å². The highest BCUT2D eigenvalue weighted by atomic mass is 79.9. The van der Waals surface area contributed by atoms with Crippen LogP contribution < -0.4 is 0 Å². The molecule has 0 aromatic heterocycles. The van der Waals surface area contributed by atoms with Crippen molar-refractivity contribution in [2.45, 2.75) is 38.2 Å². The van der Waals surface area contributed by atoms with Crippen molar-refractivity contribution in [2.24, 2.45) is 0 Å². The molecule has 0 N–H and O–H groups in total. The van der Waals surface area contributed by atoms with Crippen molar-refractivity contribution in [3.8, 4) is 0 Å². The van der Waals surface area contributed by atoms with Gasteiger partial charge < -0.3 is 4.74 Å². The highest BCUT2D eigenvalue weighted by Gasteiger charge is 2.35. The minimum atomic E-state index is -0.231. The van der Waals surface area contributed by atoms with Gasteiger partial charge in [-0.15, -0.1) is 0 Å². The second-order valence-electron chi connectivity index (χ2n) is 6.31. The van der Waals surface area contributed by atoms with Gasteiger partial charge in [0.2, 0.25) is 0 Å². The molecule has 21 heavy (non-hydrogen) atoms. The van der Waals surface area contributed by atoms with E-state index in [1.54, 1.807) is 6.07 Å². The molecular weight excluding hydrogens is 331 g/mol. The zero-order valence-electron chi connectivity index (χ0n) is 12.2. The van der Waals surface area contributed by atoms with E-state index in [2.05, 4.69) is 42.4 Å². The molecule has 1 aromatic carbocycles. The number of rotatable bonds is 1. The summed E-state index contributed by atoms with van der Waals surface area (Å²) in [6, 6.07) is 5.06. The van der Waals surface area contributed by atoms with Gasteiger partial charge in [-0.05, 0) is 55.7 Å². The zero-order chi connectivity index (χ0) is 15.2. The third-order valence-corrected chi connectivity index (χ3v) is 4.41. The SMILES string of the molecule is C=C1CC(C)(C)OC2=C1[C@@H](c1cc(F)cc(Br)c1)CC=C2. The van der Waals surface area contributed by atoms with Gasteiger partial charge in [0.05, 0.1) is 0 Å². The van der Waals surface area contributed by atoms with Crippen LogP contribution >= 0.6 is 15.9 Å². The van der Waals surface area contributed by atoms with Crippen molar-refractivity contribution in [3.63, 3.8) is 0 Å². The summed E-state index contributed by atoms with van der Waals surface area (Å²) in [6.07, 6.45) is 5.76. The van der Waals surface area contributed by atoms with Crippen molar-refractivity contribution in [3.05, 3.63) is 69.7 Å². The Morgan fingerprint density at radius 2 is 2.10 bits per heavy atom. The summed E-state index contributed by atoms with van der Waals surface area (Å²) in [5, 5.41) is 0. The van der Waals surface area contributed by atoms with E-state index < -0.39 is 0 Å². The molecule has 1 atom stereocenters. The van der Waals surface area contributed by atoms with Crippen LogP contribution in [0.15, 0.2) is 58.3 Å². The topological polar surface area (TPSA) is 9.23 Å². The summed E-state index contributed by atoms with van der Waals surface area (Å²) in [6.45, 7) is 8.37. The second-order valence-corrected chi connectivity index (χ2v) is 7.23. The van der Waals surface area contributed by atoms with E-state index in [1.165, 1.54) is 6.07 Å². The Kier molecular flexibility index (Phi) is 3.56. The van der Waals surface area contributed by atoms with Crippen LogP contribution in [0.5, 0.6) is 0 Å². The Balaban J connectivity index is 2.07. The highest BCUT2D eigenvalue weighted by Crippen LogP contribution is 2.45. The predicted molar refractivity (Wildman–Crippen MR) is 86.5 cm³/mol. The summed E-state index contributed by atoms with van der Waals surface area (Å²) >= 11 is 3.37. The van der Waals surface area contributed by atoms with E-state index in [4.69, 9.17) is 4.74 Å². The molecule has 110 valence electrons. The van der Waals surface area contributed by atoms with Crippen LogP contribution in [0, 0.1) is 5.82 Å². The van der Waals surface area contributed by atoms with E-state index in [0.29, 0.717) is 0 Å². The third-order valence-electron chi connectivity index (χ3n) is 3.95. The number of hydrogen-bond acceptors (Lipinski definition) is 1. The lowest BCUT2D eigenvalue weighted by atomic mass is 9.77. The van der Waals surface area contributed by atoms with Crippen molar-refractivity contribution in [2.75, 3.05) is 0 Å². The molecule has 1 aromatic rings. The molecule has 0 saturated heterocycles. The van der Waals surface area contributed by atoms with Gasteiger partial charge in [0.15, 0.2) is 0 Å². The molecule has 1 aliphatic carbocycles. The first-order valence-corrected chi connectivity index (χ1v) is 7.89. The lowest BCUT2D eigenvalue weighted by molar-refractivity contribution is 0.0308. The van der Waals surface area contributed by atoms with Crippen LogP contribution in [0.25, 0.3) is 0 Å². The molecule has 3 rings (SSSR count). The van der Waals surface area contributed by atoms with Crippen LogP contribution in [0.4, 0.5) is 4.39 Å². The molecule has 0 radical (unpaired) electrons. The van der Waals surface area contributed by atoms with Crippen molar-refractivity contribution in [1.29, 1.82) is 0 Å². The monoisotopic (exact) mass is 348 g/mol. The number of benzene rings is 1. The Morgan fingerprint density at radius 1 is 1.33 bits per heavy atom. The van der Waals surface area contributed by atoms with Gasteiger partial charge in [-0.25, -0.2) is 4.39 Å². The molecule has 0 fully saturated rings. The predicted octanol–water partition coefficient (Wildman–Crippen LogP) is 5.64. The van der Waals surface area contributed by atoms with E-state index in [1.807, 2.05) is 12.1 Å². The summed E-state index contributed by atoms with van der Waals surface area (Å²) in [7, 11) is 0. The number of halogens is 2. The molecule has 0 bridgehead atoms. The molecule has 1 nitrogen and oxygen atoms in total. The lowest BCUT2D eigenvalue weighted by Gasteiger charge is -2.39. The lowest BCUT2D eigenvalue weighted by Crippen LogP contribution is -2.31. The first-order chi connectivity index (χ1) is 9.85. The fourth-order valence-electron chi connectivity index (χ4n) is 3.22. The van der Waals surface area contributed by atoms with Crippen LogP contribution in [0.1, 0.15) is 38.2 Å². The summed E-state index contributed by atoms with van der Waals surface area (Å²) in [5.74, 6) is 0.771. The molecule has 0 saturated carbocycles. The molecule has 2 aliphatic rings. The maximum Gasteiger partial charge on any atom is 0.124 e. The van der Waals surface area contributed by atoms with E-state index in [0.717, 1.165) is 39.8 Å². The van der Waals surface area contributed by atoms with E-state index in [-0.39, 0.29) is 17.3 Å². The maximum absolute atomic E-state index is 13.7. The van der Waals surface area contributed by atoms with E-state index >= 15 is 0 Å². The van der Waals surface area contributed by atoms with Gasteiger partial charge in [0.1, 0.15) is 17.2 Å². The smallest absolute Gasteiger partial charge is 0.124 e. The minimum absolute atomic E-state index is 0.112. The maximum atomic E-state index is 13.7. The molecular formula is C18H18BrFO. The third kappa shape index (κ3) is 2.84. The van der Waals surface area contributed by atoms with Gasteiger partial charge in [0.25, 0.3) is 0 Å². The minimum Gasteiger partial charge on any atom is -0.487 e. The average molecular weight is 349 g/mol. The molecule has 1 aliphatic heterocycles. The normalized spacial score (nSPS) is 23.8. The Labute approximate surface area is 133 Å². The van der Waals surface area contributed by atoms with E-state index in [9.17, 15) is 4.39 Å². The number of ether oxygens (including phenoxy) is 1. The molecule has 0 amide bonds. The van der Waals surface area contributed by atoms with Crippen LogP contribution in [-0.4, -0.2) is 5.60 Å². The van der Waals surface area contributed by atoms with Crippen molar-refractivity contribution in [1.82, 2.24) is 0 Å². The first kappa shape index (κ1) is 14.6. The highest BCUT2D eigenvalue weighted by molar-refractivity contribution is 9.10. The quantitative estimate of drug-likeness (QED) is 0.637. The zero-order valence-corrected chi connectivity index (χ0v) is 13.8. The summed E-state index contributed by atoms with van der Waals surface area (Å²) in [5.41, 5.74) is 2.94. The fourth-order valence-corrected chi connectivity index (χ4v) is 3.71. The molecule has 3 heteroatoms. The standard InChI is InChI=1S/C18H18BrFO/c1-11-10-18(2,3)21-16-6-4-5-15(17(11)16)12-7-13(19)9-14(20)8-12/h4,6-9,15H,1,5,10H2,2-3H3/t15-/m1/s1. The van der Waals surface area contributed by atoms with Gasteiger partial charge in [-0.1, -0.05) is 28.6 Å². The number of allylic oxidation sites excluding steroid dienone is 3. The largest absolute Gasteiger partial charge is 0.487 e. The van der Waals surface area contributed by atoms with Crippen molar-refractivity contribution < 1.29 is 9.13 Å². The fraction of sp³-hybridized carbons (Fsp3) is 0.333. The van der Waals surface area contributed by atoms with Crippen LogP contribution in [0.3, 0.4) is 0 Å². The first-order valence-electron chi connectivity index (χ1n) is 7.09. The summed E-state index contributed by atoms with van der Waals surface area (Å²) in [4.78, 5) is 0. The Morgan fingerprint density at radius 3 is 2.81 bits per heavy atom. The molecule has 1 heterocycles. The second kappa shape index (κ2) is 5.13. The average Bonchev–Trinajstić information content (AvgIpc) is 2.35. The van der Waals surface area contributed by atoms with Crippen LogP contribution in [-0.2, 0) is 4.74 Å². The Bertz CT molecular complexity index is 650. The number of hydrogen-bond donors (Lipinski definition) is 0. The van der Waals surface area contributed by atoms with Crippen LogP contribution in [0.2, 0.25) is 0 Å². The van der Waals surface area contributed by atoms with Crippen molar-refractivity contribution >= 4 is 15.9 Å².